The summed E-state index contributed by atoms with van der Waals surface area (Å²) in [6.45, 7) is 2.01. The fourth-order valence-corrected chi connectivity index (χ4v) is 6.82. The van der Waals surface area contributed by atoms with E-state index in [1.165, 1.54) is 11.3 Å². The number of ether oxygens (including phenoxy) is 3. The summed E-state index contributed by atoms with van der Waals surface area (Å²) in [6, 6.07) is 5.61. The number of hydrogen-bond donors (Lipinski definition) is 0. The van der Waals surface area contributed by atoms with Gasteiger partial charge >= 0.3 is 0 Å². The largest absolute Gasteiger partial charge is 0.598 e. The van der Waals surface area contributed by atoms with E-state index in [-0.39, 0.29) is 0 Å². The number of fused-ring (bicyclic) bond motifs is 2. The molecule has 6 rings (SSSR count). The number of rotatable bonds is 8. The third-order valence-corrected chi connectivity index (χ3v) is 9.40. The molecule has 1 fully saturated rings. The third kappa shape index (κ3) is 4.89. The molecule has 1 aromatic carbocycles. The van der Waals surface area contributed by atoms with Gasteiger partial charge in [0, 0.05) is 47.9 Å². The van der Waals surface area contributed by atoms with Gasteiger partial charge in [-0.05, 0) is 30.2 Å². The van der Waals surface area contributed by atoms with Crippen molar-refractivity contribution in [2.45, 2.75) is 25.4 Å². The van der Waals surface area contributed by atoms with Crippen molar-refractivity contribution in [3.63, 3.8) is 0 Å². The standard InChI is InChI=1S/C24H25N5O5S3/c1-31-16-8-19(33-12-15-13-35-22(25-15)14-4-6-28(7-5-14)37(3)30)17-10-21(34-20(17)9-16)18-11-29-23(26-18)36-24(27-29)32-2/h8-11,13-14H,4-7,12H2,1-3H3. The number of methoxy groups -OCH3 is 2. The van der Waals surface area contributed by atoms with Gasteiger partial charge in [-0.3, -0.25) is 0 Å². The van der Waals surface area contributed by atoms with Gasteiger partial charge in [0.05, 0.1) is 36.5 Å². The number of furan rings is 1. The van der Waals surface area contributed by atoms with Crippen molar-refractivity contribution in [3.05, 3.63) is 40.5 Å². The Balaban J connectivity index is 1.21. The third-order valence-electron chi connectivity index (χ3n) is 6.37. The Hall–Kier alpha value is -2.84. The van der Waals surface area contributed by atoms with E-state index in [1.54, 1.807) is 36.3 Å². The predicted octanol–water partition coefficient (Wildman–Crippen LogP) is 4.73. The molecule has 0 spiro atoms. The zero-order chi connectivity index (χ0) is 25.5. The number of imidazole rings is 1. The summed E-state index contributed by atoms with van der Waals surface area (Å²) in [5, 5.41) is 8.87. The molecule has 1 unspecified atom stereocenters. The maximum Gasteiger partial charge on any atom is 0.294 e. The molecule has 1 atom stereocenters. The fraction of sp³-hybridized carbons (Fsp3) is 0.375. The minimum atomic E-state index is -0.906. The van der Waals surface area contributed by atoms with Crippen LogP contribution in [0.3, 0.4) is 0 Å². The number of aromatic nitrogens is 4. The van der Waals surface area contributed by atoms with Crippen molar-refractivity contribution in [3.8, 4) is 28.1 Å². The first-order valence-corrected chi connectivity index (χ1v) is 14.9. The maximum absolute atomic E-state index is 11.7. The SMILES string of the molecule is COc1cc(OCc2csc(C3CCN([S+](C)[O-])CC3)n2)c2cc(-c3cn4nc(OC)sc4n3)oc2c1. The summed E-state index contributed by atoms with van der Waals surface area (Å²) in [5.41, 5.74) is 2.20. The molecule has 1 saturated heterocycles. The van der Waals surface area contributed by atoms with Crippen molar-refractivity contribution < 1.29 is 23.2 Å². The monoisotopic (exact) mass is 559 g/mol. The van der Waals surface area contributed by atoms with Crippen LogP contribution >= 0.6 is 22.7 Å². The topological polar surface area (TPSA) is 110 Å². The van der Waals surface area contributed by atoms with E-state index in [0.29, 0.717) is 51.2 Å². The predicted molar refractivity (Wildman–Crippen MR) is 143 cm³/mol. The number of benzene rings is 1. The molecule has 0 N–H and O–H groups in total. The first-order chi connectivity index (χ1) is 18.0. The Morgan fingerprint density at radius 2 is 2.00 bits per heavy atom. The van der Waals surface area contributed by atoms with E-state index in [4.69, 9.17) is 23.6 Å². The van der Waals surface area contributed by atoms with E-state index in [0.717, 1.165) is 42.0 Å². The lowest BCUT2D eigenvalue weighted by Crippen LogP contribution is -2.37. The van der Waals surface area contributed by atoms with Crippen molar-refractivity contribution in [1.29, 1.82) is 0 Å². The van der Waals surface area contributed by atoms with E-state index >= 15 is 0 Å². The zero-order valence-corrected chi connectivity index (χ0v) is 23.0. The average molecular weight is 560 g/mol. The molecule has 1 aliphatic rings. The average Bonchev–Trinajstić information content (AvgIpc) is 3.69. The highest BCUT2D eigenvalue weighted by atomic mass is 32.2. The minimum absolute atomic E-state index is 0.334. The Morgan fingerprint density at radius 1 is 1.16 bits per heavy atom. The van der Waals surface area contributed by atoms with Crippen LogP contribution in [-0.4, -0.2) is 62.0 Å². The number of piperidine rings is 1. The second-order valence-corrected chi connectivity index (χ2v) is 11.8. The molecule has 37 heavy (non-hydrogen) atoms. The second kappa shape index (κ2) is 10.1. The second-order valence-electron chi connectivity index (χ2n) is 8.67. The molecule has 13 heteroatoms. The molecule has 4 aromatic heterocycles. The van der Waals surface area contributed by atoms with Crippen LogP contribution in [0.5, 0.6) is 16.7 Å². The van der Waals surface area contributed by atoms with Crippen molar-refractivity contribution >= 4 is 50.0 Å². The normalized spacial score (nSPS) is 16.0. The van der Waals surface area contributed by atoms with Crippen molar-refractivity contribution in [2.75, 3.05) is 33.6 Å². The summed E-state index contributed by atoms with van der Waals surface area (Å²) >= 11 is 2.12. The Labute approximate surface area is 224 Å². The smallest absolute Gasteiger partial charge is 0.294 e. The highest BCUT2D eigenvalue weighted by Crippen LogP contribution is 2.38. The summed E-state index contributed by atoms with van der Waals surface area (Å²) in [6.07, 6.45) is 5.49. The highest BCUT2D eigenvalue weighted by molar-refractivity contribution is 7.88. The van der Waals surface area contributed by atoms with Crippen LogP contribution < -0.4 is 14.2 Å². The molecular weight excluding hydrogens is 534 g/mol. The molecule has 0 radical (unpaired) electrons. The van der Waals surface area contributed by atoms with Gasteiger partial charge in [-0.15, -0.1) is 20.7 Å². The summed E-state index contributed by atoms with van der Waals surface area (Å²) in [7, 11) is 3.20. The van der Waals surface area contributed by atoms with E-state index < -0.39 is 11.4 Å². The van der Waals surface area contributed by atoms with Gasteiger partial charge in [0.1, 0.15) is 35.6 Å². The van der Waals surface area contributed by atoms with E-state index in [2.05, 4.69) is 15.5 Å². The van der Waals surface area contributed by atoms with E-state index in [1.807, 2.05) is 28.7 Å². The van der Waals surface area contributed by atoms with Gasteiger partial charge in [0.25, 0.3) is 5.19 Å². The van der Waals surface area contributed by atoms with Crippen LogP contribution in [0.4, 0.5) is 0 Å². The van der Waals surface area contributed by atoms with Gasteiger partial charge in [0.15, 0.2) is 5.76 Å². The van der Waals surface area contributed by atoms with Crippen LogP contribution in [0.2, 0.25) is 0 Å². The van der Waals surface area contributed by atoms with E-state index in [9.17, 15) is 4.55 Å². The molecule has 5 heterocycles. The van der Waals surface area contributed by atoms with Crippen molar-refractivity contribution in [2.24, 2.45) is 0 Å². The number of thiazole rings is 1. The van der Waals surface area contributed by atoms with Crippen LogP contribution in [0.15, 0.2) is 34.2 Å². The molecular formula is C24H25N5O5S3. The van der Waals surface area contributed by atoms with Gasteiger partial charge < -0.3 is 23.2 Å². The van der Waals surface area contributed by atoms with Crippen LogP contribution in [0.1, 0.15) is 29.5 Å². The van der Waals surface area contributed by atoms with Crippen molar-refractivity contribution in [1.82, 2.24) is 23.9 Å². The molecule has 0 aliphatic carbocycles. The Morgan fingerprint density at radius 3 is 2.73 bits per heavy atom. The quantitative estimate of drug-likeness (QED) is 0.249. The zero-order valence-electron chi connectivity index (χ0n) is 20.5. The number of nitrogens with zero attached hydrogens (tertiary/aromatic N) is 5. The Kier molecular flexibility index (Phi) is 6.71. The molecule has 0 bridgehead atoms. The molecule has 194 valence electrons. The minimum Gasteiger partial charge on any atom is -0.598 e. The van der Waals surface area contributed by atoms with Gasteiger partial charge in [-0.1, -0.05) is 0 Å². The van der Waals surface area contributed by atoms with Crippen LogP contribution in [0, 0.1) is 0 Å². The fourth-order valence-electron chi connectivity index (χ4n) is 4.42. The molecule has 5 aromatic rings. The number of hydrogen-bond acceptors (Lipinski definition) is 11. The summed E-state index contributed by atoms with van der Waals surface area (Å²) < 4.78 is 38.4. The van der Waals surface area contributed by atoms with Crippen LogP contribution in [-0.2, 0) is 18.0 Å². The summed E-state index contributed by atoms with van der Waals surface area (Å²) in [4.78, 5) is 10.2. The molecule has 10 nitrogen and oxygen atoms in total. The lowest BCUT2D eigenvalue weighted by molar-refractivity contribution is 0.301. The molecule has 0 saturated carbocycles. The summed E-state index contributed by atoms with van der Waals surface area (Å²) in [5.74, 6) is 2.30. The van der Waals surface area contributed by atoms with Gasteiger partial charge in [0.2, 0.25) is 4.96 Å². The first kappa shape index (κ1) is 24.5. The van der Waals surface area contributed by atoms with Gasteiger partial charge in [-0.2, -0.15) is 0 Å². The lowest BCUT2D eigenvalue weighted by Gasteiger charge is -2.29. The first-order valence-electron chi connectivity index (χ1n) is 11.7. The molecule has 0 amide bonds. The molecule has 1 aliphatic heterocycles. The van der Waals surface area contributed by atoms with Crippen LogP contribution in [0.25, 0.3) is 27.4 Å². The Bertz CT molecular complexity index is 1500. The highest BCUT2D eigenvalue weighted by Gasteiger charge is 2.27. The lowest BCUT2D eigenvalue weighted by atomic mass is 9.99. The maximum atomic E-state index is 11.7. The van der Waals surface area contributed by atoms with Gasteiger partial charge in [-0.25, -0.2) is 14.5 Å².